The third-order valence-corrected chi connectivity index (χ3v) is 12.4. The summed E-state index contributed by atoms with van der Waals surface area (Å²) < 4.78 is 45.1. The number of nitrogens with one attached hydrogen (secondary N) is 3. The van der Waals surface area contributed by atoms with Crippen molar-refractivity contribution < 1.29 is 41.8 Å². The Morgan fingerprint density at radius 2 is 1.72 bits per heavy atom. The number of anilines is 1. The number of hydrogen-bond donors (Lipinski definition) is 3. The normalized spacial score (nSPS) is 22.6. The van der Waals surface area contributed by atoms with Crippen LogP contribution in [-0.2, 0) is 29.1 Å². The third-order valence-electron chi connectivity index (χ3n) is 10.3. The number of rotatable bonds is 13. The van der Waals surface area contributed by atoms with Gasteiger partial charge < -0.3 is 29.7 Å². The third kappa shape index (κ3) is 9.14. The van der Waals surface area contributed by atoms with Crippen LogP contribution in [0.3, 0.4) is 0 Å². The van der Waals surface area contributed by atoms with E-state index in [1.54, 1.807) is 63.2 Å². The molecule has 3 aromatic rings. The predicted octanol–water partition coefficient (Wildman–Crippen LogP) is 5.40. The topological polar surface area (TPSA) is 182 Å². The molecule has 1 aliphatic heterocycles. The summed E-state index contributed by atoms with van der Waals surface area (Å²) in [6, 6.07) is 9.74. The van der Waals surface area contributed by atoms with Crippen LogP contribution in [0.25, 0.3) is 10.8 Å². The molecule has 3 fully saturated rings. The molecular formula is C41H50ClN5O9S. The van der Waals surface area contributed by atoms with Gasteiger partial charge >= 0.3 is 5.97 Å². The van der Waals surface area contributed by atoms with E-state index in [0.717, 1.165) is 0 Å². The summed E-state index contributed by atoms with van der Waals surface area (Å²) in [5, 5.41) is 7.19. The van der Waals surface area contributed by atoms with Crippen LogP contribution >= 0.6 is 11.6 Å². The van der Waals surface area contributed by atoms with Gasteiger partial charge in [-0.3, -0.25) is 19.1 Å². The number of benzene rings is 2. The van der Waals surface area contributed by atoms with Crippen molar-refractivity contribution in [3.63, 3.8) is 0 Å². The monoisotopic (exact) mass is 823 g/mol. The minimum Gasteiger partial charge on any atom is -0.494 e. The largest absolute Gasteiger partial charge is 0.494 e. The Labute approximate surface area is 338 Å². The van der Waals surface area contributed by atoms with E-state index >= 15 is 0 Å². The first-order chi connectivity index (χ1) is 26.7. The number of hydrogen-bond acceptors (Lipinski definition) is 11. The van der Waals surface area contributed by atoms with Crippen molar-refractivity contribution in [2.24, 2.45) is 11.3 Å². The van der Waals surface area contributed by atoms with E-state index in [2.05, 4.69) is 26.9 Å². The Morgan fingerprint density at radius 1 is 1.04 bits per heavy atom. The Bertz CT molecular complexity index is 2200. The first-order valence-electron chi connectivity index (χ1n) is 18.9. The lowest BCUT2D eigenvalue weighted by Gasteiger charge is -2.36. The minimum absolute atomic E-state index is 0.0195. The van der Waals surface area contributed by atoms with E-state index in [0.29, 0.717) is 45.6 Å². The molecule has 0 spiro atoms. The Hall–Kier alpha value is -4.89. The molecule has 0 unspecified atom stereocenters. The Kier molecular flexibility index (Phi) is 11.3. The molecule has 2 heterocycles. The van der Waals surface area contributed by atoms with Crippen molar-refractivity contribution in [2.45, 2.75) is 102 Å². The zero-order valence-corrected chi connectivity index (χ0v) is 34.8. The molecule has 6 rings (SSSR count). The molecule has 2 aliphatic carbocycles. The number of nitrogens with zero attached hydrogens (tertiary/aromatic N) is 2. The summed E-state index contributed by atoms with van der Waals surface area (Å²) in [6.45, 7) is 14.8. The van der Waals surface area contributed by atoms with Crippen molar-refractivity contribution >= 4 is 61.8 Å². The maximum Gasteiger partial charge on any atom is 0.338 e. The predicted molar refractivity (Wildman–Crippen MR) is 216 cm³/mol. The van der Waals surface area contributed by atoms with Gasteiger partial charge in [0.2, 0.25) is 27.7 Å². The van der Waals surface area contributed by atoms with Crippen molar-refractivity contribution in [1.82, 2.24) is 19.9 Å². The molecule has 57 heavy (non-hydrogen) atoms. The quantitative estimate of drug-likeness (QED) is 0.148. The van der Waals surface area contributed by atoms with Gasteiger partial charge in [0.15, 0.2) is 0 Å². The summed E-state index contributed by atoms with van der Waals surface area (Å²) in [5.74, 6) is -2.21. The number of aromatic nitrogens is 1. The lowest BCUT2D eigenvalue weighted by molar-refractivity contribution is -0.141. The maximum atomic E-state index is 14.8. The van der Waals surface area contributed by atoms with Gasteiger partial charge in [-0.15, -0.1) is 6.58 Å². The fraction of sp³-hybridized carbons (Fsp3) is 0.488. The summed E-state index contributed by atoms with van der Waals surface area (Å²) in [5.41, 5.74) is -2.04. The number of sulfonamides is 1. The Morgan fingerprint density at radius 3 is 2.30 bits per heavy atom. The molecule has 5 atom stereocenters. The van der Waals surface area contributed by atoms with Gasteiger partial charge in [-0.25, -0.2) is 18.2 Å². The molecular weight excluding hydrogens is 774 g/mol. The average Bonchev–Trinajstić information content (AvgIpc) is 4.06. The minimum atomic E-state index is -3.91. The van der Waals surface area contributed by atoms with Crippen LogP contribution < -0.4 is 24.8 Å². The van der Waals surface area contributed by atoms with Crippen molar-refractivity contribution in [3.05, 3.63) is 71.9 Å². The molecule has 3 N–H and O–H groups in total. The lowest BCUT2D eigenvalue weighted by Crippen LogP contribution is -2.58. The van der Waals surface area contributed by atoms with E-state index in [9.17, 15) is 27.6 Å². The zero-order chi connectivity index (χ0) is 41.7. The molecule has 0 bridgehead atoms. The number of carbonyl (C=O) groups is 4. The summed E-state index contributed by atoms with van der Waals surface area (Å²) in [6.07, 6.45) is 3.35. The molecule has 3 amide bonds. The molecule has 2 saturated carbocycles. The van der Waals surface area contributed by atoms with Crippen LogP contribution in [0.15, 0.2) is 61.3 Å². The fourth-order valence-corrected chi connectivity index (χ4v) is 8.53. The Balaban J connectivity index is 1.30. The highest BCUT2D eigenvalue weighted by molar-refractivity contribution is 7.91. The van der Waals surface area contributed by atoms with E-state index < -0.39 is 79.6 Å². The fourth-order valence-electron chi connectivity index (χ4n) is 6.99. The molecule has 14 nitrogen and oxygen atoms in total. The van der Waals surface area contributed by atoms with Gasteiger partial charge in [0.1, 0.15) is 35.1 Å². The number of likely N-dealkylation sites (tertiary alicyclic amines) is 1. The van der Waals surface area contributed by atoms with Gasteiger partial charge in [0.05, 0.1) is 30.7 Å². The second-order valence-corrected chi connectivity index (χ2v) is 19.4. The highest BCUT2D eigenvalue weighted by atomic mass is 35.5. The number of ether oxygens (including phenoxy) is 3. The lowest BCUT2D eigenvalue weighted by atomic mass is 9.85. The highest BCUT2D eigenvalue weighted by Gasteiger charge is 2.62. The summed E-state index contributed by atoms with van der Waals surface area (Å²) >= 11 is 6.37. The SMILES string of the molecule is C=C[C@@H]1C[C@]1(NC(=O)[C@@H]1C[C@@H](Oc2ncc(OC)c3ccc(Cl)cc23)CN1C(=O)[C@@H](Nc1ccc(C(=O)OC(C)(C)C)cc1)C(C)(C)C)C(=O)NS(=O)(=O)C1CC1. The first-order valence-corrected chi connectivity index (χ1v) is 20.8. The van der Waals surface area contributed by atoms with Crippen molar-refractivity contribution in [1.29, 1.82) is 0 Å². The molecule has 0 radical (unpaired) electrons. The molecule has 3 aliphatic rings. The first kappa shape index (κ1) is 41.7. The number of fused-ring (bicyclic) bond motifs is 1. The number of amides is 3. The second kappa shape index (κ2) is 15.5. The number of halogens is 1. The van der Waals surface area contributed by atoms with Crippen LogP contribution in [0, 0.1) is 11.3 Å². The van der Waals surface area contributed by atoms with Crippen LogP contribution in [-0.4, -0.2) is 90.2 Å². The van der Waals surface area contributed by atoms with Crippen LogP contribution in [0.4, 0.5) is 5.69 Å². The molecule has 1 saturated heterocycles. The van der Waals surface area contributed by atoms with E-state index in [1.165, 1.54) is 24.3 Å². The number of esters is 1. The van der Waals surface area contributed by atoms with Gasteiger partial charge in [-0.05, 0) is 87.9 Å². The van der Waals surface area contributed by atoms with Gasteiger partial charge in [0.25, 0.3) is 5.91 Å². The van der Waals surface area contributed by atoms with Gasteiger partial charge in [-0.1, -0.05) is 38.4 Å². The number of methoxy groups -OCH3 is 1. The van der Waals surface area contributed by atoms with Crippen molar-refractivity contribution in [2.75, 3.05) is 19.0 Å². The molecule has 16 heteroatoms. The zero-order valence-electron chi connectivity index (χ0n) is 33.2. The van der Waals surface area contributed by atoms with Crippen LogP contribution in [0.5, 0.6) is 11.6 Å². The average molecular weight is 824 g/mol. The molecule has 2 aromatic carbocycles. The van der Waals surface area contributed by atoms with Crippen LogP contribution in [0.1, 0.15) is 77.6 Å². The van der Waals surface area contributed by atoms with Gasteiger partial charge in [0, 0.05) is 33.8 Å². The van der Waals surface area contributed by atoms with Gasteiger partial charge in [-0.2, -0.15) is 0 Å². The van der Waals surface area contributed by atoms with E-state index in [4.69, 9.17) is 25.8 Å². The summed E-state index contributed by atoms with van der Waals surface area (Å²) in [7, 11) is -2.39. The summed E-state index contributed by atoms with van der Waals surface area (Å²) in [4.78, 5) is 61.4. The standard InChI is InChI=1S/C41H50ClN5O9S/c1-9-24-20-41(24,38(51)46-57(52,53)28-15-16-28)45-34(48)31-19-27(55-35-30-18-25(42)12-17-29(30)32(54-8)21-43-35)22-47(31)36(49)33(39(2,3)4)44-26-13-10-23(11-14-26)37(50)56-40(5,6)7/h9-14,17-18,21,24,27-28,31,33,44H,1,15-16,19-20,22H2,2-8H3,(H,45,48)(H,46,51)/t24-,27-,31+,33-,41-/m1/s1. The number of carbonyl (C=O) groups excluding carboxylic acids is 4. The van der Waals surface area contributed by atoms with E-state index in [-0.39, 0.29) is 25.3 Å². The second-order valence-electron chi connectivity index (χ2n) is 17.0. The smallest absolute Gasteiger partial charge is 0.338 e. The number of pyridine rings is 1. The van der Waals surface area contributed by atoms with Crippen LogP contribution in [0.2, 0.25) is 5.02 Å². The highest BCUT2D eigenvalue weighted by Crippen LogP contribution is 2.46. The molecule has 1 aromatic heterocycles. The van der Waals surface area contributed by atoms with Crippen molar-refractivity contribution in [3.8, 4) is 11.6 Å². The van der Waals surface area contributed by atoms with E-state index in [1.807, 2.05) is 20.8 Å². The maximum absolute atomic E-state index is 14.8. The molecule has 306 valence electrons.